The quantitative estimate of drug-likeness (QED) is 0.189. The molecular formula is C32H48O6. The predicted octanol–water partition coefficient (Wildman–Crippen LogP) is 7.35. The van der Waals surface area contributed by atoms with E-state index in [0.717, 1.165) is 28.9 Å². The fourth-order valence-corrected chi connectivity index (χ4v) is 4.78. The topological polar surface area (TPSA) is 63.2 Å². The van der Waals surface area contributed by atoms with Crippen LogP contribution in [0.5, 0.6) is 11.5 Å². The Labute approximate surface area is 230 Å². The number of Topliss-reactive ketones (excluding diaryl/α,β-unsaturated/α-hetero) is 1. The highest BCUT2D eigenvalue weighted by Gasteiger charge is 2.31. The van der Waals surface area contributed by atoms with E-state index in [0.29, 0.717) is 50.3 Å². The number of hydrogen-bond donors (Lipinski definition) is 0. The van der Waals surface area contributed by atoms with Gasteiger partial charge in [0.15, 0.2) is 5.78 Å². The molecule has 0 spiro atoms. The highest BCUT2D eigenvalue weighted by Crippen LogP contribution is 2.44. The number of ketones is 1. The Kier molecular flexibility index (Phi) is 11.8. The van der Waals surface area contributed by atoms with Gasteiger partial charge in [-0.3, -0.25) is 4.79 Å². The summed E-state index contributed by atoms with van der Waals surface area (Å²) in [7, 11) is 4.98. The van der Waals surface area contributed by atoms with Crippen LogP contribution < -0.4 is 9.47 Å². The molecule has 0 aromatic heterocycles. The first-order chi connectivity index (χ1) is 17.8. The Hall–Kier alpha value is -2.41. The van der Waals surface area contributed by atoms with Crippen LogP contribution in [-0.2, 0) is 34.0 Å². The van der Waals surface area contributed by atoms with Crippen LogP contribution in [-0.4, -0.2) is 40.3 Å². The summed E-state index contributed by atoms with van der Waals surface area (Å²) in [5, 5.41) is 0. The van der Waals surface area contributed by atoms with Crippen molar-refractivity contribution in [3.8, 4) is 11.5 Å². The summed E-state index contributed by atoms with van der Waals surface area (Å²) in [5.74, 6) is 1.62. The lowest BCUT2D eigenvalue weighted by atomic mass is 9.69. The Morgan fingerprint density at radius 3 is 1.82 bits per heavy atom. The lowest BCUT2D eigenvalue weighted by Crippen LogP contribution is -2.24. The van der Waals surface area contributed by atoms with Crippen molar-refractivity contribution in [1.29, 1.82) is 0 Å². The smallest absolute Gasteiger partial charge is 0.163 e. The molecule has 38 heavy (non-hydrogen) atoms. The van der Waals surface area contributed by atoms with E-state index in [-0.39, 0.29) is 16.6 Å². The fourth-order valence-electron chi connectivity index (χ4n) is 4.78. The van der Waals surface area contributed by atoms with E-state index < -0.39 is 0 Å². The summed E-state index contributed by atoms with van der Waals surface area (Å²) in [5.41, 5.74) is 4.90. The lowest BCUT2D eigenvalue weighted by molar-refractivity contribution is 0.101. The van der Waals surface area contributed by atoms with E-state index in [9.17, 15) is 4.79 Å². The normalized spacial score (nSPS) is 12.9. The summed E-state index contributed by atoms with van der Waals surface area (Å²) in [4.78, 5) is 12.6. The van der Waals surface area contributed by atoms with Crippen LogP contribution in [0.25, 0.3) is 0 Å². The molecule has 0 amide bonds. The molecule has 2 aromatic rings. The number of hydrogen-bond acceptors (Lipinski definition) is 6. The number of methoxy groups -OCH3 is 3. The third-order valence-corrected chi connectivity index (χ3v) is 6.45. The number of carbonyl (C=O) groups is 1. The second-order valence-electron chi connectivity index (χ2n) is 12.2. The van der Waals surface area contributed by atoms with Gasteiger partial charge in [0.1, 0.15) is 24.7 Å². The largest absolute Gasteiger partial charge is 0.489 e. The van der Waals surface area contributed by atoms with Gasteiger partial charge in [0, 0.05) is 32.5 Å². The average Bonchev–Trinajstić information content (AvgIpc) is 2.81. The zero-order valence-electron chi connectivity index (χ0n) is 25.2. The van der Waals surface area contributed by atoms with Crippen molar-refractivity contribution in [2.45, 2.75) is 80.6 Å². The molecule has 0 heterocycles. The van der Waals surface area contributed by atoms with Gasteiger partial charge in [-0.15, -0.1) is 0 Å². The molecule has 0 radical (unpaired) electrons. The second-order valence-corrected chi connectivity index (χ2v) is 12.2. The minimum atomic E-state index is -0.00956. The van der Waals surface area contributed by atoms with Crippen molar-refractivity contribution in [2.24, 2.45) is 10.8 Å². The van der Waals surface area contributed by atoms with E-state index in [2.05, 4.69) is 47.6 Å². The van der Waals surface area contributed by atoms with Crippen molar-refractivity contribution in [1.82, 2.24) is 0 Å². The van der Waals surface area contributed by atoms with Gasteiger partial charge in [-0.05, 0) is 65.5 Å². The number of rotatable bonds is 14. The third-order valence-electron chi connectivity index (χ3n) is 6.45. The molecule has 2 rings (SSSR count). The Morgan fingerprint density at radius 2 is 1.34 bits per heavy atom. The Balaban J connectivity index is 2.23. The van der Waals surface area contributed by atoms with Crippen LogP contribution in [0, 0.1) is 10.8 Å². The first kappa shape index (κ1) is 31.8. The molecule has 1 unspecified atom stereocenters. The van der Waals surface area contributed by atoms with Crippen LogP contribution in [0.1, 0.15) is 93.4 Å². The van der Waals surface area contributed by atoms with E-state index in [1.165, 1.54) is 5.56 Å². The monoisotopic (exact) mass is 528 g/mol. The van der Waals surface area contributed by atoms with Crippen molar-refractivity contribution in [2.75, 3.05) is 34.5 Å². The molecule has 0 saturated carbocycles. The minimum Gasteiger partial charge on any atom is -0.489 e. The summed E-state index contributed by atoms with van der Waals surface area (Å²) >= 11 is 0. The molecule has 0 N–H and O–H groups in total. The zero-order chi connectivity index (χ0) is 28.5. The van der Waals surface area contributed by atoms with Crippen molar-refractivity contribution < 1.29 is 28.5 Å². The van der Waals surface area contributed by atoms with Crippen molar-refractivity contribution in [3.63, 3.8) is 0 Å². The van der Waals surface area contributed by atoms with Gasteiger partial charge < -0.3 is 23.7 Å². The maximum Gasteiger partial charge on any atom is 0.163 e. The maximum absolute atomic E-state index is 12.6. The van der Waals surface area contributed by atoms with Gasteiger partial charge in [-0.2, -0.15) is 0 Å². The van der Waals surface area contributed by atoms with Gasteiger partial charge in [-0.1, -0.05) is 47.6 Å². The molecule has 2 aromatic carbocycles. The van der Waals surface area contributed by atoms with Crippen molar-refractivity contribution in [3.05, 3.63) is 58.1 Å². The lowest BCUT2D eigenvalue weighted by Gasteiger charge is -2.36. The van der Waals surface area contributed by atoms with Crippen LogP contribution in [0.2, 0.25) is 0 Å². The predicted molar refractivity (Wildman–Crippen MR) is 152 cm³/mol. The fraction of sp³-hybridized carbons (Fsp3) is 0.594. The second kappa shape index (κ2) is 14.1. The molecule has 0 aliphatic heterocycles. The molecule has 0 bridgehead atoms. The van der Waals surface area contributed by atoms with Crippen LogP contribution in [0.15, 0.2) is 30.3 Å². The summed E-state index contributed by atoms with van der Waals surface area (Å²) in [6.45, 7) is 17.1. The van der Waals surface area contributed by atoms with Gasteiger partial charge >= 0.3 is 0 Å². The summed E-state index contributed by atoms with van der Waals surface area (Å²) in [6.07, 6.45) is 1.03. The van der Waals surface area contributed by atoms with Gasteiger partial charge in [0.05, 0.1) is 25.4 Å². The van der Waals surface area contributed by atoms with Crippen LogP contribution in [0.4, 0.5) is 0 Å². The SMILES string of the molecule is COCc1cc(COC)c(OCCOc2ccc(C(CC(C)(C)C)C(C)(C)C)cc2C(C)=O)c(COC)c1. The third kappa shape index (κ3) is 9.40. The van der Waals surface area contributed by atoms with Crippen molar-refractivity contribution >= 4 is 5.78 Å². The molecule has 212 valence electrons. The molecule has 0 saturated heterocycles. The molecule has 1 atom stereocenters. The minimum absolute atomic E-state index is 0.00956. The van der Waals surface area contributed by atoms with E-state index in [1.54, 1.807) is 28.3 Å². The van der Waals surface area contributed by atoms with Crippen LogP contribution >= 0.6 is 0 Å². The molecule has 0 aliphatic carbocycles. The van der Waals surface area contributed by atoms with E-state index in [1.807, 2.05) is 24.3 Å². The van der Waals surface area contributed by atoms with E-state index in [4.69, 9.17) is 23.7 Å². The maximum atomic E-state index is 12.6. The van der Waals surface area contributed by atoms with Gasteiger partial charge in [-0.25, -0.2) is 0 Å². The average molecular weight is 529 g/mol. The Morgan fingerprint density at radius 1 is 0.789 bits per heavy atom. The number of benzene rings is 2. The first-order valence-electron chi connectivity index (χ1n) is 13.3. The van der Waals surface area contributed by atoms with Gasteiger partial charge in [0.25, 0.3) is 0 Å². The molecule has 0 aliphatic rings. The summed E-state index contributed by atoms with van der Waals surface area (Å²) in [6, 6.07) is 10.1. The highest BCUT2D eigenvalue weighted by atomic mass is 16.5. The standard InChI is InChI=1S/C32H48O6/c1-22(33)27-17-24(28(32(5,6)7)18-31(2,3)4)11-12-29(27)37-13-14-38-30-25(20-35-9)15-23(19-34-8)16-26(30)21-36-10/h11-12,15-17,28H,13-14,18-21H2,1-10H3. The molecule has 6 nitrogen and oxygen atoms in total. The molecular weight excluding hydrogens is 480 g/mol. The van der Waals surface area contributed by atoms with Gasteiger partial charge in [0.2, 0.25) is 0 Å². The molecule has 0 fully saturated rings. The zero-order valence-corrected chi connectivity index (χ0v) is 25.2. The Bertz CT molecular complexity index is 1020. The summed E-state index contributed by atoms with van der Waals surface area (Å²) < 4.78 is 28.4. The molecule has 6 heteroatoms. The van der Waals surface area contributed by atoms with E-state index >= 15 is 0 Å². The first-order valence-corrected chi connectivity index (χ1v) is 13.3. The highest BCUT2D eigenvalue weighted by molar-refractivity contribution is 5.97. The number of carbonyl (C=O) groups excluding carboxylic acids is 1. The number of ether oxygens (including phenoxy) is 5. The van der Waals surface area contributed by atoms with Crippen LogP contribution in [0.3, 0.4) is 0 Å².